The predicted octanol–water partition coefficient (Wildman–Crippen LogP) is 3.60. The molecule has 4 nitrogen and oxygen atoms in total. The first kappa shape index (κ1) is 14.4. The van der Waals surface area contributed by atoms with Crippen molar-refractivity contribution in [2.75, 3.05) is 6.61 Å². The highest BCUT2D eigenvalue weighted by Gasteiger charge is 2.11. The molecule has 0 amide bonds. The van der Waals surface area contributed by atoms with Crippen molar-refractivity contribution in [3.8, 4) is 0 Å². The van der Waals surface area contributed by atoms with E-state index in [0.717, 1.165) is 16.9 Å². The smallest absolute Gasteiger partial charge is 0.338 e. The summed E-state index contributed by atoms with van der Waals surface area (Å²) >= 11 is 6.79. The van der Waals surface area contributed by atoms with Gasteiger partial charge in [0, 0.05) is 10.7 Å². The minimum atomic E-state index is -0.337. The van der Waals surface area contributed by atoms with Crippen molar-refractivity contribution in [2.45, 2.75) is 17.6 Å². The number of ether oxygens (including phenoxy) is 1. The Morgan fingerprint density at radius 1 is 1.16 bits per heavy atom. The summed E-state index contributed by atoms with van der Waals surface area (Å²) in [7, 11) is 0. The fourth-order valence-corrected chi connectivity index (χ4v) is 2.58. The molecule has 100 valence electrons. The Balaban J connectivity index is 2.50. The molecular formula is C13H12Br2N2O2. The van der Waals surface area contributed by atoms with Gasteiger partial charge in [-0.2, -0.15) is 0 Å². The molecule has 2 aromatic rings. The van der Waals surface area contributed by atoms with E-state index in [1.54, 1.807) is 25.1 Å². The number of esters is 1. The molecule has 2 rings (SSSR count). The van der Waals surface area contributed by atoms with Gasteiger partial charge in [0.2, 0.25) is 0 Å². The van der Waals surface area contributed by atoms with E-state index < -0.39 is 0 Å². The quantitative estimate of drug-likeness (QED) is 0.594. The van der Waals surface area contributed by atoms with Gasteiger partial charge in [-0.1, -0.05) is 31.9 Å². The molecule has 0 fully saturated rings. The highest BCUT2D eigenvalue weighted by molar-refractivity contribution is 9.09. The van der Waals surface area contributed by atoms with Crippen LogP contribution in [0.15, 0.2) is 18.2 Å². The Labute approximate surface area is 127 Å². The van der Waals surface area contributed by atoms with Crippen molar-refractivity contribution >= 4 is 48.9 Å². The zero-order valence-corrected chi connectivity index (χ0v) is 13.5. The summed E-state index contributed by atoms with van der Waals surface area (Å²) < 4.78 is 4.97. The van der Waals surface area contributed by atoms with Gasteiger partial charge in [-0.3, -0.25) is 0 Å². The van der Waals surface area contributed by atoms with Gasteiger partial charge in [0.1, 0.15) is 0 Å². The molecule has 0 aliphatic rings. The van der Waals surface area contributed by atoms with Crippen LogP contribution < -0.4 is 0 Å². The van der Waals surface area contributed by atoms with Crippen LogP contribution in [0.25, 0.3) is 11.0 Å². The van der Waals surface area contributed by atoms with Crippen LogP contribution in [0.2, 0.25) is 0 Å². The van der Waals surface area contributed by atoms with E-state index in [4.69, 9.17) is 4.74 Å². The molecule has 0 N–H and O–H groups in total. The van der Waals surface area contributed by atoms with Gasteiger partial charge in [-0.25, -0.2) is 14.8 Å². The van der Waals surface area contributed by atoms with Crippen LogP contribution in [-0.4, -0.2) is 22.5 Å². The number of halogens is 2. The fraction of sp³-hybridized carbons (Fsp3) is 0.308. The summed E-state index contributed by atoms with van der Waals surface area (Å²) in [4.78, 5) is 20.7. The van der Waals surface area contributed by atoms with Crippen LogP contribution in [0.4, 0.5) is 0 Å². The summed E-state index contributed by atoms with van der Waals surface area (Å²) in [6.07, 6.45) is 0. The maximum absolute atomic E-state index is 11.7. The average molecular weight is 388 g/mol. The zero-order valence-electron chi connectivity index (χ0n) is 10.3. The van der Waals surface area contributed by atoms with Crippen molar-refractivity contribution in [1.29, 1.82) is 0 Å². The number of rotatable bonds is 4. The van der Waals surface area contributed by atoms with E-state index in [1.165, 1.54) is 0 Å². The number of fused-ring (bicyclic) bond motifs is 1. The molecule has 0 aliphatic carbocycles. The van der Waals surface area contributed by atoms with E-state index in [2.05, 4.69) is 41.8 Å². The number of benzene rings is 1. The summed E-state index contributed by atoms with van der Waals surface area (Å²) in [6, 6.07) is 5.21. The van der Waals surface area contributed by atoms with E-state index in [0.29, 0.717) is 28.3 Å². The number of nitrogens with zero attached hydrogens (tertiary/aromatic N) is 2. The Morgan fingerprint density at radius 2 is 1.79 bits per heavy atom. The lowest BCUT2D eigenvalue weighted by molar-refractivity contribution is 0.0526. The van der Waals surface area contributed by atoms with Crippen LogP contribution in [-0.2, 0) is 15.4 Å². The van der Waals surface area contributed by atoms with Crippen molar-refractivity contribution in [3.05, 3.63) is 35.2 Å². The molecule has 0 aliphatic heterocycles. The predicted molar refractivity (Wildman–Crippen MR) is 80.8 cm³/mol. The summed E-state index contributed by atoms with van der Waals surface area (Å²) in [5.41, 5.74) is 3.73. The van der Waals surface area contributed by atoms with Crippen molar-refractivity contribution < 1.29 is 9.53 Å². The summed E-state index contributed by atoms with van der Waals surface area (Å²) in [5, 5.41) is 1.27. The fourth-order valence-electron chi connectivity index (χ4n) is 1.68. The molecule has 0 atom stereocenters. The van der Waals surface area contributed by atoms with Crippen LogP contribution >= 0.6 is 31.9 Å². The Morgan fingerprint density at radius 3 is 2.37 bits per heavy atom. The lowest BCUT2D eigenvalue weighted by atomic mass is 10.2. The van der Waals surface area contributed by atoms with Gasteiger partial charge in [0.05, 0.1) is 34.6 Å². The first-order valence-electron chi connectivity index (χ1n) is 5.78. The normalized spacial score (nSPS) is 10.7. The van der Waals surface area contributed by atoms with E-state index in [9.17, 15) is 4.79 Å². The number of hydrogen-bond donors (Lipinski definition) is 0. The lowest BCUT2D eigenvalue weighted by Gasteiger charge is -2.07. The molecule has 0 radical (unpaired) electrons. The first-order valence-corrected chi connectivity index (χ1v) is 8.02. The van der Waals surface area contributed by atoms with Gasteiger partial charge in [0.15, 0.2) is 0 Å². The first-order chi connectivity index (χ1) is 9.19. The van der Waals surface area contributed by atoms with Crippen molar-refractivity contribution in [1.82, 2.24) is 9.97 Å². The van der Waals surface area contributed by atoms with Gasteiger partial charge in [0.25, 0.3) is 0 Å². The van der Waals surface area contributed by atoms with E-state index in [-0.39, 0.29) is 5.97 Å². The second-order valence-electron chi connectivity index (χ2n) is 3.81. The number of alkyl halides is 2. The largest absolute Gasteiger partial charge is 0.462 e. The van der Waals surface area contributed by atoms with Gasteiger partial charge in [-0.15, -0.1) is 0 Å². The van der Waals surface area contributed by atoms with Gasteiger partial charge < -0.3 is 4.74 Å². The minimum absolute atomic E-state index is 0.337. The summed E-state index contributed by atoms with van der Waals surface area (Å²) in [5.74, 6) is -0.337. The SMILES string of the molecule is CCOC(=O)c1ccc2nc(CBr)c(CBr)nc2c1. The molecular weight excluding hydrogens is 376 g/mol. The molecule has 0 saturated heterocycles. The maximum Gasteiger partial charge on any atom is 0.338 e. The Kier molecular flexibility index (Phi) is 4.87. The van der Waals surface area contributed by atoms with Crippen molar-refractivity contribution in [3.63, 3.8) is 0 Å². The molecule has 1 aromatic heterocycles. The average Bonchev–Trinajstić information content (AvgIpc) is 2.45. The topological polar surface area (TPSA) is 52.1 Å². The minimum Gasteiger partial charge on any atom is -0.462 e. The highest BCUT2D eigenvalue weighted by Crippen LogP contribution is 2.19. The van der Waals surface area contributed by atoms with Crippen molar-refractivity contribution in [2.24, 2.45) is 0 Å². The van der Waals surface area contributed by atoms with Crippen LogP contribution in [0.3, 0.4) is 0 Å². The monoisotopic (exact) mass is 386 g/mol. The molecule has 6 heteroatoms. The van der Waals surface area contributed by atoms with Crippen LogP contribution in [0.5, 0.6) is 0 Å². The molecule has 1 aromatic carbocycles. The van der Waals surface area contributed by atoms with Gasteiger partial charge in [-0.05, 0) is 25.1 Å². The number of hydrogen-bond acceptors (Lipinski definition) is 4. The van der Waals surface area contributed by atoms with E-state index in [1.807, 2.05) is 0 Å². The number of carbonyl (C=O) groups is 1. The number of carbonyl (C=O) groups excluding carboxylic acids is 1. The zero-order chi connectivity index (χ0) is 13.8. The Hall–Kier alpha value is -1.01. The van der Waals surface area contributed by atoms with Crippen LogP contribution in [0.1, 0.15) is 28.7 Å². The standard InChI is InChI=1S/C13H12Br2N2O2/c1-2-19-13(18)8-3-4-9-10(5-8)17-12(7-15)11(6-14)16-9/h3-5H,2,6-7H2,1H3. The Bertz CT molecular complexity index is 617. The molecule has 0 bridgehead atoms. The second kappa shape index (κ2) is 6.43. The second-order valence-corrected chi connectivity index (χ2v) is 4.93. The molecule has 1 heterocycles. The van der Waals surface area contributed by atoms with Crippen LogP contribution in [0, 0.1) is 0 Å². The number of aromatic nitrogens is 2. The third-order valence-corrected chi connectivity index (χ3v) is 3.65. The maximum atomic E-state index is 11.7. The molecule has 0 saturated carbocycles. The molecule has 0 spiro atoms. The molecule has 0 unspecified atom stereocenters. The third-order valence-electron chi connectivity index (χ3n) is 2.58. The van der Waals surface area contributed by atoms with Gasteiger partial charge >= 0.3 is 5.97 Å². The van der Waals surface area contributed by atoms with E-state index >= 15 is 0 Å². The molecule has 19 heavy (non-hydrogen) atoms. The summed E-state index contributed by atoms with van der Waals surface area (Å²) in [6.45, 7) is 2.14. The lowest BCUT2D eigenvalue weighted by Crippen LogP contribution is -2.05. The highest BCUT2D eigenvalue weighted by atomic mass is 79.9. The third kappa shape index (κ3) is 3.12.